The van der Waals surface area contributed by atoms with Crippen molar-refractivity contribution in [3.05, 3.63) is 35.9 Å². The zero-order valence-corrected chi connectivity index (χ0v) is 8.82. The van der Waals surface area contributed by atoms with Crippen molar-refractivity contribution in [2.24, 2.45) is 5.92 Å². The summed E-state index contributed by atoms with van der Waals surface area (Å²) in [6.07, 6.45) is 4.39. The van der Waals surface area contributed by atoms with Crippen LogP contribution in [0.5, 0.6) is 0 Å². The van der Waals surface area contributed by atoms with Crippen LogP contribution < -0.4 is 0 Å². The van der Waals surface area contributed by atoms with Gasteiger partial charge < -0.3 is 4.74 Å². The summed E-state index contributed by atoms with van der Waals surface area (Å²) in [5.41, 5.74) is 1.38. The van der Waals surface area contributed by atoms with Gasteiger partial charge in [0.2, 0.25) is 0 Å². The van der Waals surface area contributed by atoms with Crippen LogP contribution >= 0.6 is 0 Å². The quantitative estimate of drug-likeness (QED) is 0.544. The number of aryl methyl sites for hydroxylation is 1. The van der Waals surface area contributed by atoms with E-state index in [9.17, 15) is 4.79 Å². The average Bonchev–Trinajstić information content (AvgIpc) is 2.28. The Bertz CT molecular complexity index is 319. The van der Waals surface area contributed by atoms with Crippen LogP contribution in [-0.4, -0.2) is 12.6 Å². The molecule has 1 aromatic rings. The van der Waals surface area contributed by atoms with Crippen molar-refractivity contribution in [2.45, 2.75) is 25.7 Å². The van der Waals surface area contributed by atoms with Gasteiger partial charge in [0.15, 0.2) is 0 Å². The topological polar surface area (TPSA) is 26.3 Å². The van der Waals surface area contributed by atoms with Gasteiger partial charge in [-0.25, -0.2) is 0 Å². The lowest BCUT2D eigenvalue weighted by Gasteiger charge is -2.24. The number of cyclic esters (lactones) is 1. The molecule has 1 aliphatic rings. The molecule has 0 spiro atoms. The van der Waals surface area contributed by atoms with Crippen LogP contribution in [0.2, 0.25) is 0 Å². The van der Waals surface area contributed by atoms with E-state index in [-0.39, 0.29) is 11.9 Å². The average molecular weight is 204 g/mol. The van der Waals surface area contributed by atoms with Gasteiger partial charge in [-0.1, -0.05) is 36.8 Å². The van der Waals surface area contributed by atoms with E-state index >= 15 is 0 Å². The van der Waals surface area contributed by atoms with E-state index in [2.05, 4.69) is 24.3 Å². The molecule has 0 N–H and O–H groups in total. The van der Waals surface area contributed by atoms with E-state index < -0.39 is 0 Å². The Morgan fingerprint density at radius 1 is 1.20 bits per heavy atom. The van der Waals surface area contributed by atoms with E-state index in [1.807, 2.05) is 6.07 Å². The second kappa shape index (κ2) is 4.96. The molecule has 1 aliphatic heterocycles. The summed E-state index contributed by atoms with van der Waals surface area (Å²) in [5, 5.41) is 0. The van der Waals surface area contributed by atoms with Crippen LogP contribution in [0.25, 0.3) is 0 Å². The molecule has 0 amide bonds. The number of ether oxygens (including phenoxy) is 1. The third-order valence-electron chi connectivity index (χ3n) is 2.87. The number of hydrogen-bond acceptors (Lipinski definition) is 2. The monoisotopic (exact) mass is 204 g/mol. The minimum absolute atomic E-state index is 0.00490. The summed E-state index contributed by atoms with van der Waals surface area (Å²) in [7, 11) is 0. The van der Waals surface area contributed by atoms with E-state index in [0.29, 0.717) is 6.61 Å². The molecule has 2 heteroatoms. The largest absolute Gasteiger partial charge is 0.464 e. The molecule has 80 valence electrons. The second-order valence-corrected chi connectivity index (χ2v) is 4.06. The number of esters is 1. The van der Waals surface area contributed by atoms with E-state index in [1.165, 1.54) is 5.56 Å². The van der Waals surface area contributed by atoms with Crippen LogP contribution in [0.1, 0.15) is 24.8 Å². The van der Waals surface area contributed by atoms with E-state index in [4.69, 9.17) is 4.74 Å². The lowest BCUT2D eigenvalue weighted by molar-refractivity contribution is -0.169. The van der Waals surface area contributed by atoms with Crippen LogP contribution in [0.4, 0.5) is 0 Å². The van der Waals surface area contributed by atoms with Crippen molar-refractivity contribution in [1.82, 2.24) is 0 Å². The first kappa shape index (κ1) is 10.2. The highest BCUT2D eigenvalue weighted by atomic mass is 16.6. The van der Waals surface area contributed by atoms with Crippen molar-refractivity contribution in [2.75, 3.05) is 6.61 Å². The van der Waals surface area contributed by atoms with Gasteiger partial charge in [0.1, 0.15) is 6.61 Å². The van der Waals surface area contributed by atoms with Gasteiger partial charge in [-0.05, 0) is 24.8 Å². The third kappa shape index (κ3) is 2.82. The van der Waals surface area contributed by atoms with Gasteiger partial charge in [0, 0.05) is 0 Å². The fourth-order valence-electron chi connectivity index (χ4n) is 1.83. The first-order valence-electron chi connectivity index (χ1n) is 5.57. The molecule has 0 radical (unpaired) electrons. The second-order valence-electron chi connectivity index (χ2n) is 4.06. The fraction of sp³-hybridized carbons (Fsp3) is 0.462. The molecule has 2 nitrogen and oxygen atoms in total. The van der Waals surface area contributed by atoms with Crippen molar-refractivity contribution < 1.29 is 9.53 Å². The minimum Gasteiger partial charge on any atom is -0.464 e. The van der Waals surface area contributed by atoms with Gasteiger partial charge in [0.05, 0.1) is 5.92 Å². The Kier molecular flexibility index (Phi) is 3.38. The Balaban J connectivity index is 1.61. The van der Waals surface area contributed by atoms with Crippen molar-refractivity contribution in [1.29, 1.82) is 0 Å². The van der Waals surface area contributed by atoms with Crippen LogP contribution in [0.3, 0.4) is 0 Å². The Labute approximate surface area is 90.3 Å². The molecule has 0 aromatic heterocycles. The summed E-state index contributed by atoms with van der Waals surface area (Å²) in [5.74, 6) is 0.190. The zero-order chi connectivity index (χ0) is 10.5. The van der Waals surface area contributed by atoms with Gasteiger partial charge >= 0.3 is 5.97 Å². The standard InChI is InChI=1S/C13H16O2/c14-13-12(10-15-13)9-5-4-8-11-6-2-1-3-7-11/h1-3,6-7,12H,4-5,8-10H2/t12-/m0/s1. The lowest BCUT2D eigenvalue weighted by Crippen LogP contribution is -2.34. The maximum atomic E-state index is 10.9. The highest BCUT2D eigenvalue weighted by Gasteiger charge is 2.29. The first-order chi connectivity index (χ1) is 7.36. The molecule has 2 rings (SSSR count). The maximum absolute atomic E-state index is 10.9. The molecule has 1 saturated heterocycles. The third-order valence-corrected chi connectivity index (χ3v) is 2.87. The molecular weight excluding hydrogens is 188 g/mol. The summed E-state index contributed by atoms with van der Waals surface area (Å²) in [6.45, 7) is 0.643. The van der Waals surface area contributed by atoms with Crippen molar-refractivity contribution in [3.8, 4) is 0 Å². The van der Waals surface area contributed by atoms with Crippen molar-refractivity contribution in [3.63, 3.8) is 0 Å². The first-order valence-corrected chi connectivity index (χ1v) is 5.57. The summed E-state index contributed by atoms with van der Waals surface area (Å²) in [6, 6.07) is 10.5. The van der Waals surface area contributed by atoms with Gasteiger partial charge in [-0.3, -0.25) is 4.79 Å². The highest BCUT2D eigenvalue weighted by molar-refractivity contribution is 5.77. The van der Waals surface area contributed by atoms with Gasteiger partial charge in [-0.2, -0.15) is 0 Å². The van der Waals surface area contributed by atoms with Crippen LogP contribution in [-0.2, 0) is 16.0 Å². The Morgan fingerprint density at radius 2 is 2.00 bits per heavy atom. The van der Waals surface area contributed by atoms with E-state index in [0.717, 1.165) is 25.7 Å². The molecule has 1 atom stereocenters. The number of carbonyl (C=O) groups excluding carboxylic acids is 1. The molecule has 0 unspecified atom stereocenters. The SMILES string of the molecule is O=C1OC[C@@H]1CCCCc1ccccc1. The summed E-state index contributed by atoms with van der Waals surface area (Å²) >= 11 is 0. The highest BCUT2D eigenvalue weighted by Crippen LogP contribution is 2.19. The van der Waals surface area contributed by atoms with Gasteiger partial charge in [0.25, 0.3) is 0 Å². The van der Waals surface area contributed by atoms with E-state index in [1.54, 1.807) is 0 Å². The summed E-state index contributed by atoms with van der Waals surface area (Å²) < 4.78 is 4.72. The molecule has 1 fully saturated rings. The Hall–Kier alpha value is -1.31. The van der Waals surface area contributed by atoms with Gasteiger partial charge in [-0.15, -0.1) is 0 Å². The molecule has 0 aliphatic carbocycles. The predicted octanol–water partition coefficient (Wildman–Crippen LogP) is 2.57. The molecule has 15 heavy (non-hydrogen) atoms. The molecular formula is C13H16O2. The molecule has 1 aromatic carbocycles. The Morgan fingerprint density at radius 3 is 2.60 bits per heavy atom. The smallest absolute Gasteiger partial charge is 0.312 e. The molecule has 1 heterocycles. The zero-order valence-electron chi connectivity index (χ0n) is 8.82. The molecule has 0 saturated carbocycles. The summed E-state index contributed by atoms with van der Waals surface area (Å²) in [4.78, 5) is 10.9. The number of hydrogen-bond donors (Lipinski definition) is 0. The van der Waals surface area contributed by atoms with Crippen molar-refractivity contribution >= 4 is 5.97 Å². The normalized spacial score (nSPS) is 19.5. The number of benzene rings is 1. The minimum atomic E-state index is -0.00490. The molecule has 0 bridgehead atoms. The van der Waals surface area contributed by atoms with Crippen LogP contribution in [0, 0.1) is 5.92 Å². The van der Waals surface area contributed by atoms with Crippen LogP contribution in [0.15, 0.2) is 30.3 Å². The number of unbranched alkanes of at least 4 members (excludes halogenated alkanes) is 1. The predicted molar refractivity (Wildman–Crippen MR) is 58.4 cm³/mol. The lowest BCUT2D eigenvalue weighted by atomic mass is 9.98. The maximum Gasteiger partial charge on any atom is 0.312 e. The fourth-order valence-corrected chi connectivity index (χ4v) is 1.83. The number of carbonyl (C=O) groups is 1. The number of rotatable bonds is 5.